The SMILES string of the molecule is O=C(NCc1ccccc1)[C@@H]1CCCN1C(=O)[C@H]1CCCN1C(=O)c1ccc(Cl)c(Cl)c1. The zero-order valence-electron chi connectivity index (χ0n) is 17.6. The Kier molecular flexibility index (Phi) is 7.01. The normalized spacial score (nSPS) is 20.4. The maximum atomic E-state index is 13.4. The second kappa shape index (κ2) is 9.92. The van der Waals surface area contributed by atoms with Gasteiger partial charge in [0, 0.05) is 25.2 Å². The van der Waals surface area contributed by atoms with Gasteiger partial charge in [-0.1, -0.05) is 53.5 Å². The van der Waals surface area contributed by atoms with Crippen molar-refractivity contribution in [2.24, 2.45) is 0 Å². The molecule has 168 valence electrons. The first-order valence-corrected chi connectivity index (χ1v) is 11.6. The van der Waals surface area contributed by atoms with Gasteiger partial charge in [-0.2, -0.15) is 0 Å². The molecule has 2 aliphatic rings. The first-order chi connectivity index (χ1) is 15.5. The van der Waals surface area contributed by atoms with E-state index in [9.17, 15) is 14.4 Å². The minimum Gasteiger partial charge on any atom is -0.350 e. The van der Waals surface area contributed by atoms with E-state index in [1.807, 2.05) is 30.3 Å². The van der Waals surface area contributed by atoms with Crippen LogP contribution < -0.4 is 5.32 Å². The smallest absolute Gasteiger partial charge is 0.254 e. The predicted molar refractivity (Wildman–Crippen MR) is 124 cm³/mol. The van der Waals surface area contributed by atoms with Crippen molar-refractivity contribution in [3.8, 4) is 0 Å². The fraction of sp³-hybridized carbons (Fsp3) is 0.375. The second-order valence-electron chi connectivity index (χ2n) is 8.18. The number of benzene rings is 2. The molecule has 0 spiro atoms. The predicted octanol–water partition coefficient (Wildman–Crippen LogP) is 3.91. The minimum absolute atomic E-state index is 0.153. The van der Waals surface area contributed by atoms with Crippen LogP contribution in [0, 0.1) is 0 Å². The summed E-state index contributed by atoms with van der Waals surface area (Å²) in [4.78, 5) is 42.6. The Morgan fingerprint density at radius 1 is 0.875 bits per heavy atom. The quantitative estimate of drug-likeness (QED) is 0.715. The van der Waals surface area contributed by atoms with Crippen molar-refractivity contribution in [2.45, 2.75) is 44.3 Å². The van der Waals surface area contributed by atoms with E-state index < -0.39 is 12.1 Å². The average Bonchev–Trinajstić information content (AvgIpc) is 3.49. The lowest BCUT2D eigenvalue weighted by atomic mass is 10.1. The maximum Gasteiger partial charge on any atom is 0.254 e. The average molecular weight is 474 g/mol. The highest BCUT2D eigenvalue weighted by molar-refractivity contribution is 6.42. The van der Waals surface area contributed by atoms with Gasteiger partial charge in [0.1, 0.15) is 12.1 Å². The van der Waals surface area contributed by atoms with Gasteiger partial charge in [0.05, 0.1) is 10.0 Å². The number of amides is 3. The van der Waals surface area contributed by atoms with E-state index in [0.29, 0.717) is 48.1 Å². The first-order valence-electron chi connectivity index (χ1n) is 10.8. The van der Waals surface area contributed by atoms with Crippen molar-refractivity contribution in [3.63, 3.8) is 0 Å². The third-order valence-electron chi connectivity index (χ3n) is 6.11. The van der Waals surface area contributed by atoms with Crippen LogP contribution in [0.2, 0.25) is 10.0 Å². The molecular formula is C24H25Cl2N3O3. The molecule has 2 heterocycles. The van der Waals surface area contributed by atoms with Gasteiger partial charge in [-0.3, -0.25) is 14.4 Å². The van der Waals surface area contributed by atoms with Gasteiger partial charge in [-0.15, -0.1) is 0 Å². The lowest BCUT2D eigenvalue weighted by molar-refractivity contribution is -0.141. The summed E-state index contributed by atoms with van der Waals surface area (Å²) in [6, 6.07) is 13.3. The topological polar surface area (TPSA) is 69.7 Å². The molecular weight excluding hydrogens is 449 g/mol. The Labute approximate surface area is 197 Å². The number of carbonyl (C=O) groups excluding carboxylic acids is 3. The molecule has 2 aromatic rings. The zero-order chi connectivity index (χ0) is 22.7. The molecule has 0 aliphatic carbocycles. The molecule has 2 saturated heterocycles. The van der Waals surface area contributed by atoms with Gasteiger partial charge >= 0.3 is 0 Å². The summed E-state index contributed by atoms with van der Waals surface area (Å²) in [6.07, 6.45) is 2.71. The Balaban J connectivity index is 1.44. The molecule has 2 aliphatic heterocycles. The van der Waals surface area contributed by atoms with Gasteiger partial charge < -0.3 is 15.1 Å². The third kappa shape index (κ3) is 4.76. The molecule has 1 N–H and O–H groups in total. The molecule has 0 saturated carbocycles. The van der Waals surface area contributed by atoms with Crippen LogP contribution in [0.5, 0.6) is 0 Å². The van der Waals surface area contributed by atoms with E-state index in [2.05, 4.69) is 5.32 Å². The third-order valence-corrected chi connectivity index (χ3v) is 6.85. The molecule has 6 nitrogen and oxygen atoms in total. The zero-order valence-corrected chi connectivity index (χ0v) is 19.1. The largest absolute Gasteiger partial charge is 0.350 e. The fourth-order valence-electron chi connectivity index (χ4n) is 4.46. The summed E-state index contributed by atoms with van der Waals surface area (Å²) in [5, 5.41) is 3.62. The summed E-state index contributed by atoms with van der Waals surface area (Å²) in [5.41, 5.74) is 1.41. The molecule has 0 unspecified atom stereocenters. The van der Waals surface area contributed by atoms with Crippen molar-refractivity contribution in [3.05, 3.63) is 69.7 Å². The van der Waals surface area contributed by atoms with Gasteiger partial charge in [-0.25, -0.2) is 0 Å². The molecule has 3 amide bonds. The summed E-state index contributed by atoms with van der Waals surface area (Å²) in [7, 11) is 0. The molecule has 32 heavy (non-hydrogen) atoms. The van der Waals surface area contributed by atoms with Crippen LogP contribution in [0.3, 0.4) is 0 Å². The Morgan fingerprint density at radius 2 is 1.56 bits per heavy atom. The highest BCUT2D eigenvalue weighted by atomic mass is 35.5. The first kappa shape index (κ1) is 22.6. The van der Waals surface area contributed by atoms with E-state index in [4.69, 9.17) is 23.2 Å². The van der Waals surface area contributed by atoms with E-state index in [0.717, 1.165) is 18.4 Å². The van der Waals surface area contributed by atoms with Gasteiger partial charge in [0.2, 0.25) is 11.8 Å². The minimum atomic E-state index is -0.570. The van der Waals surface area contributed by atoms with Gasteiger partial charge in [0.25, 0.3) is 5.91 Å². The highest BCUT2D eigenvalue weighted by Gasteiger charge is 2.42. The number of nitrogens with zero attached hydrogens (tertiary/aromatic N) is 2. The summed E-state index contributed by atoms with van der Waals surface area (Å²) in [5.74, 6) is -0.558. The fourth-order valence-corrected chi connectivity index (χ4v) is 4.76. The molecule has 2 aromatic carbocycles. The number of carbonyl (C=O) groups is 3. The van der Waals surface area contributed by atoms with Crippen LogP contribution in [-0.2, 0) is 16.1 Å². The lowest BCUT2D eigenvalue weighted by Gasteiger charge is -2.31. The molecule has 4 rings (SSSR count). The van der Waals surface area contributed by atoms with E-state index in [-0.39, 0.29) is 17.7 Å². The number of hydrogen-bond donors (Lipinski definition) is 1. The van der Waals surface area contributed by atoms with Crippen LogP contribution in [0.4, 0.5) is 0 Å². The highest BCUT2D eigenvalue weighted by Crippen LogP contribution is 2.28. The van der Waals surface area contributed by atoms with Crippen molar-refractivity contribution in [1.82, 2.24) is 15.1 Å². The van der Waals surface area contributed by atoms with E-state index >= 15 is 0 Å². The van der Waals surface area contributed by atoms with Crippen molar-refractivity contribution in [1.29, 1.82) is 0 Å². The molecule has 0 radical (unpaired) electrons. The molecule has 2 atom stereocenters. The van der Waals surface area contributed by atoms with Crippen molar-refractivity contribution >= 4 is 40.9 Å². The van der Waals surface area contributed by atoms with Crippen LogP contribution >= 0.6 is 23.2 Å². The van der Waals surface area contributed by atoms with E-state index in [1.165, 1.54) is 6.07 Å². The summed E-state index contributed by atoms with van der Waals surface area (Å²) in [6.45, 7) is 1.44. The number of halogens is 2. The summed E-state index contributed by atoms with van der Waals surface area (Å²) >= 11 is 12.0. The van der Waals surface area contributed by atoms with Gasteiger partial charge in [0.15, 0.2) is 0 Å². The Bertz CT molecular complexity index is 1010. The standard InChI is InChI=1S/C24H25Cl2N3O3/c25-18-11-10-17(14-19(18)26)23(31)29-13-5-9-21(29)24(32)28-12-4-8-20(28)22(30)27-15-16-6-2-1-3-7-16/h1-3,6-7,10-11,14,20-21H,4-5,8-9,12-13,15H2,(H,27,30)/t20-,21+/m0/s1. The number of hydrogen-bond acceptors (Lipinski definition) is 3. The van der Waals surface area contributed by atoms with Crippen molar-refractivity contribution in [2.75, 3.05) is 13.1 Å². The number of nitrogens with one attached hydrogen (secondary N) is 1. The van der Waals surface area contributed by atoms with E-state index in [1.54, 1.807) is 21.9 Å². The Morgan fingerprint density at radius 3 is 2.28 bits per heavy atom. The molecule has 0 bridgehead atoms. The monoisotopic (exact) mass is 473 g/mol. The molecule has 0 aromatic heterocycles. The van der Waals surface area contributed by atoms with Gasteiger partial charge in [-0.05, 0) is 49.4 Å². The second-order valence-corrected chi connectivity index (χ2v) is 8.99. The van der Waals surface area contributed by atoms with Crippen LogP contribution in [0.1, 0.15) is 41.6 Å². The van der Waals surface area contributed by atoms with Crippen LogP contribution in [-0.4, -0.2) is 52.7 Å². The maximum absolute atomic E-state index is 13.4. The van der Waals surface area contributed by atoms with Crippen molar-refractivity contribution < 1.29 is 14.4 Å². The summed E-state index contributed by atoms with van der Waals surface area (Å²) < 4.78 is 0. The number of likely N-dealkylation sites (tertiary alicyclic amines) is 2. The molecule has 8 heteroatoms. The number of rotatable bonds is 5. The van der Waals surface area contributed by atoms with Crippen LogP contribution in [0.15, 0.2) is 48.5 Å². The lowest BCUT2D eigenvalue weighted by Crippen LogP contribution is -2.52. The molecule has 2 fully saturated rings. The van der Waals surface area contributed by atoms with Crippen LogP contribution in [0.25, 0.3) is 0 Å². The Hall–Kier alpha value is -2.57.